The maximum Gasteiger partial charge on any atom is 0.221 e. The Bertz CT molecular complexity index is 618. The summed E-state index contributed by atoms with van der Waals surface area (Å²) in [6.07, 6.45) is 3.13. The fourth-order valence-corrected chi connectivity index (χ4v) is 4.72. The predicted octanol–water partition coefficient (Wildman–Crippen LogP) is 3.66. The lowest BCUT2D eigenvalue weighted by Gasteiger charge is -2.34. The fourth-order valence-electron chi connectivity index (χ4n) is 3.69. The molecule has 0 spiro atoms. The summed E-state index contributed by atoms with van der Waals surface area (Å²) in [5.74, 6) is 0.837. The number of hydrogen-bond acceptors (Lipinski definition) is 2. The van der Waals surface area contributed by atoms with Crippen molar-refractivity contribution in [2.45, 2.75) is 30.7 Å². The minimum absolute atomic E-state index is 0.0212. The molecule has 2 heterocycles. The Kier molecular flexibility index (Phi) is 2.71. The van der Waals surface area contributed by atoms with Crippen molar-refractivity contribution in [2.75, 3.05) is 0 Å². The van der Waals surface area contributed by atoms with Crippen LogP contribution in [0.5, 0.6) is 0 Å². The van der Waals surface area contributed by atoms with E-state index in [1.165, 1.54) is 23.3 Å². The molecule has 2 atom stereocenters. The van der Waals surface area contributed by atoms with Gasteiger partial charge >= 0.3 is 0 Å². The molecule has 2 nitrogen and oxygen atoms in total. The number of rotatable bonds is 3. The van der Waals surface area contributed by atoms with Gasteiger partial charge in [0.05, 0.1) is 6.04 Å². The van der Waals surface area contributed by atoms with Crippen LogP contribution in [-0.4, -0.2) is 5.91 Å². The van der Waals surface area contributed by atoms with Gasteiger partial charge in [0.25, 0.3) is 0 Å². The number of carbonyl (C=O) groups excluding carboxylic acids is 1. The van der Waals surface area contributed by atoms with E-state index in [2.05, 4.69) is 47.1 Å². The number of hydrogen-bond donors (Lipinski definition) is 1. The van der Waals surface area contributed by atoms with Crippen LogP contribution in [0, 0.1) is 5.92 Å². The van der Waals surface area contributed by atoms with Gasteiger partial charge in [0, 0.05) is 16.7 Å². The minimum atomic E-state index is -0.0212. The lowest BCUT2D eigenvalue weighted by atomic mass is 9.72. The first-order chi connectivity index (χ1) is 9.80. The quantitative estimate of drug-likeness (QED) is 0.915. The molecule has 2 fully saturated rings. The summed E-state index contributed by atoms with van der Waals surface area (Å²) >= 11 is 1.80. The molecule has 1 saturated heterocycles. The molecule has 0 bridgehead atoms. The topological polar surface area (TPSA) is 29.1 Å². The Labute approximate surface area is 122 Å². The monoisotopic (exact) mass is 283 g/mol. The summed E-state index contributed by atoms with van der Waals surface area (Å²) in [5.41, 5.74) is 1.21. The van der Waals surface area contributed by atoms with Gasteiger partial charge in [-0.1, -0.05) is 36.4 Å². The number of thiophene rings is 1. The first-order valence-corrected chi connectivity index (χ1v) is 8.07. The molecular weight excluding hydrogens is 266 g/mol. The first-order valence-electron chi connectivity index (χ1n) is 7.19. The van der Waals surface area contributed by atoms with Crippen molar-refractivity contribution < 1.29 is 4.79 Å². The molecule has 1 aliphatic carbocycles. The van der Waals surface area contributed by atoms with Crippen molar-refractivity contribution in [3.8, 4) is 0 Å². The minimum Gasteiger partial charge on any atom is -0.348 e. The van der Waals surface area contributed by atoms with Gasteiger partial charge in [-0.2, -0.15) is 0 Å². The van der Waals surface area contributed by atoms with Crippen molar-refractivity contribution in [1.29, 1.82) is 0 Å². The zero-order chi connectivity index (χ0) is 13.6. The zero-order valence-corrected chi connectivity index (χ0v) is 12.0. The van der Waals surface area contributed by atoms with Crippen LogP contribution in [0.25, 0.3) is 0 Å². The van der Waals surface area contributed by atoms with E-state index in [-0.39, 0.29) is 17.4 Å². The number of amides is 1. The number of nitrogens with one attached hydrogen (secondary N) is 1. The average Bonchev–Trinajstić information content (AvgIpc) is 3.06. The summed E-state index contributed by atoms with van der Waals surface area (Å²) < 4.78 is 0. The highest BCUT2D eigenvalue weighted by molar-refractivity contribution is 7.10. The van der Waals surface area contributed by atoms with E-state index in [9.17, 15) is 4.79 Å². The Morgan fingerprint density at radius 2 is 1.90 bits per heavy atom. The highest BCUT2D eigenvalue weighted by atomic mass is 32.1. The standard InChI is InChI=1S/C17H17NOS/c19-15-11-17(13-8-9-13,14-7-4-10-20-14)16(18-15)12-5-2-1-3-6-12/h1-7,10,13,16H,8-9,11H2,(H,18,19). The highest BCUT2D eigenvalue weighted by Gasteiger charge is 2.57. The predicted molar refractivity (Wildman–Crippen MR) is 80.7 cm³/mol. The zero-order valence-electron chi connectivity index (χ0n) is 11.2. The van der Waals surface area contributed by atoms with Crippen LogP contribution >= 0.6 is 11.3 Å². The summed E-state index contributed by atoms with van der Waals surface area (Å²) in [5, 5.41) is 5.37. The smallest absolute Gasteiger partial charge is 0.221 e. The molecule has 20 heavy (non-hydrogen) atoms. The van der Waals surface area contributed by atoms with Gasteiger partial charge in [-0.25, -0.2) is 0 Å². The van der Waals surface area contributed by atoms with Crippen LogP contribution < -0.4 is 5.32 Å². The van der Waals surface area contributed by atoms with Gasteiger partial charge in [0.2, 0.25) is 5.91 Å². The largest absolute Gasteiger partial charge is 0.348 e. The van der Waals surface area contributed by atoms with Gasteiger partial charge in [0.15, 0.2) is 0 Å². The van der Waals surface area contributed by atoms with Gasteiger partial charge in [-0.15, -0.1) is 11.3 Å². The second-order valence-corrected chi connectivity index (χ2v) is 6.83. The van der Waals surface area contributed by atoms with Gasteiger partial charge in [-0.05, 0) is 35.8 Å². The molecule has 1 saturated carbocycles. The molecule has 3 heteroatoms. The van der Waals surface area contributed by atoms with Crippen molar-refractivity contribution >= 4 is 17.2 Å². The maximum absolute atomic E-state index is 12.2. The second kappa shape index (κ2) is 4.45. The van der Waals surface area contributed by atoms with E-state index in [0.29, 0.717) is 12.3 Å². The molecule has 1 amide bonds. The van der Waals surface area contributed by atoms with E-state index < -0.39 is 0 Å². The van der Waals surface area contributed by atoms with Crippen LogP contribution in [-0.2, 0) is 10.2 Å². The molecule has 1 N–H and O–H groups in total. The van der Waals surface area contributed by atoms with Crippen LogP contribution in [0.4, 0.5) is 0 Å². The number of benzene rings is 1. The van der Waals surface area contributed by atoms with E-state index in [0.717, 1.165) is 0 Å². The second-order valence-electron chi connectivity index (χ2n) is 5.88. The summed E-state index contributed by atoms with van der Waals surface area (Å²) in [7, 11) is 0. The Balaban J connectivity index is 1.85. The lowest BCUT2D eigenvalue weighted by Crippen LogP contribution is -2.34. The molecule has 1 aromatic heterocycles. The molecule has 2 aromatic rings. The first kappa shape index (κ1) is 12.2. The third-order valence-electron chi connectivity index (χ3n) is 4.69. The third-order valence-corrected chi connectivity index (χ3v) is 5.76. The van der Waals surface area contributed by atoms with E-state index in [1.54, 1.807) is 11.3 Å². The maximum atomic E-state index is 12.2. The van der Waals surface area contributed by atoms with Crippen molar-refractivity contribution in [3.05, 3.63) is 58.3 Å². The van der Waals surface area contributed by atoms with Crippen molar-refractivity contribution in [2.24, 2.45) is 5.92 Å². The molecule has 2 aliphatic rings. The van der Waals surface area contributed by atoms with Crippen molar-refractivity contribution in [3.63, 3.8) is 0 Å². The van der Waals surface area contributed by atoms with Gasteiger partial charge in [-0.3, -0.25) is 4.79 Å². The van der Waals surface area contributed by atoms with E-state index in [1.807, 2.05) is 6.07 Å². The molecule has 4 rings (SSSR count). The highest BCUT2D eigenvalue weighted by Crippen LogP contribution is 2.59. The Hall–Kier alpha value is -1.61. The third kappa shape index (κ3) is 1.73. The fraction of sp³-hybridized carbons (Fsp3) is 0.353. The molecule has 1 aliphatic heterocycles. The Morgan fingerprint density at radius 3 is 2.55 bits per heavy atom. The van der Waals surface area contributed by atoms with Gasteiger partial charge < -0.3 is 5.32 Å². The van der Waals surface area contributed by atoms with Crippen LogP contribution in [0.1, 0.15) is 35.7 Å². The molecule has 1 aromatic carbocycles. The SMILES string of the molecule is O=C1CC(c2cccs2)(C2CC2)C(c2ccccc2)N1. The van der Waals surface area contributed by atoms with Crippen LogP contribution in [0.2, 0.25) is 0 Å². The van der Waals surface area contributed by atoms with Crippen LogP contribution in [0.15, 0.2) is 47.8 Å². The normalized spacial score (nSPS) is 29.4. The molecule has 0 radical (unpaired) electrons. The van der Waals surface area contributed by atoms with Gasteiger partial charge in [0.1, 0.15) is 0 Å². The molecule has 102 valence electrons. The number of carbonyl (C=O) groups is 1. The lowest BCUT2D eigenvalue weighted by molar-refractivity contribution is -0.119. The van der Waals surface area contributed by atoms with Crippen molar-refractivity contribution in [1.82, 2.24) is 5.32 Å². The summed E-state index contributed by atoms with van der Waals surface area (Å²) in [4.78, 5) is 13.5. The van der Waals surface area contributed by atoms with E-state index in [4.69, 9.17) is 0 Å². The summed E-state index contributed by atoms with van der Waals surface area (Å²) in [6.45, 7) is 0. The molecular formula is C17H17NOS. The molecule has 2 unspecified atom stereocenters. The van der Waals surface area contributed by atoms with E-state index >= 15 is 0 Å². The average molecular weight is 283 g/mol. The Morgan fingerprint density at radius 1 is 1.10 bits per heavy atom. The van der Waals surface area contributed by atoms with Crippen LogP contribution in [0.3, 0.4) is 0 Å². The summed E-state index contributed by atoms with van der Waals surface area (Å²) in [6, 6.07) is 14.9.